The number of rotatable bonds is 5. The number of ether oxygens (including phenoxy) is 1. The predicted octanol–water partition coefficient (Wildman–Crippen LogP) is 4.62. The van der Waals surface area contributed by atoms with E-state index in [9.17, 15) is 14.0 Å². The Labute approximate surface area is 138 Å². The Kier molecular flexibility index (Phi) is 6.53. The smallest absolute Gasteiger partial charge is 0.414 e. The Morgan fingerprint density at radius 1 is 1.41 bits per heavy atom. The Hall–Kier alpha value is -1.43. The summed E-state index contributed by atoms with van der Waals surface area (Å²) in [5, 5.41) is 0. The first-order valence-corrected chi connectivity index (χ1v) is 7.85. The van der Waals surface area contributed by atoms with Crippen molar-refractivity contribution in [3.63, 3.8) is 0 Å². The SMILES string of the molecule is Cc1cc(N(CCCC=O)C(=O)OC(C)(C)C)cc(F)c1Br. The van der Waals surface area contributed by atoms with Crippen LogP contribution in [0.1, 0.15) is 39.2 Å². The number of nitrogens with zero attached hydrogens (tertiary/aromatic N) is 1. The van der Waals surface area contributed by atoms with Crippen molar-refractivity contribution in [1.29, 1.82) is 0 Å². The van der Waals surface area contributed by atoms with Crippen LogP contribution in [0.25, 0.3) is 0 Å². The molecule has 0 aliphatic carbocycles. The summed E-state index contributed by atoms with van der Waals surface area (Å²) in [6, 6.07) is 2.99. The van der Waals surface area contributed by atoms with Crippen molar-refractivity contribution >= 4 is 34.0 Å². The third-order valence-electron chi connectivity index (χ3n) is 2.82. The summed E-state index contributed by atoms with van der Waals surface area (Å²) in [5.41, 5.74) is 0.445. The molecule has 0 heterocycles. The fourth-order valence-corrected chi connectivity index (χ4v) is 2.07. The number of carbonyl (C=O) groups is 2. The van der Waals surface area contributed by atoms with E-state index in [1.165, 1.54) is 11.0 Å². The summed E-state index contributed by atoms with van der Waals surface area (Å²) in [6.45, 7) is 7.33. The molecule has 6 heteroatoms. The van der Waals surface area contributed by atoms with Crippen LogP contribution >= 0.6 is 15.9 Å². The van der Waals surface area contributed by atoms with Gasteiger partial charge in [-0.15, -0.1) is 0 Å². The monoisotopic (exact) mass is 373 g/mol. The number of anilines is 1. The van der Waals surface area contributed by atoms with Crippen LogP contribution in [-0.2, 0) is 9.53 Å². The number of amides is 1. The van der Waals surface area contributed by atoms with Gasteiger partial charge in [0.1, 0.15) is 17.7 Å². The lowest BCUT2D eigenvalue weighted by molar-refractivity contribution is -0.107. The topological polar surface area (TPSA) is 46.6 Å². The van der Waals surface area contributed by atoms with E-state index in [1.807, 2.05) is 0 Å². The molecule has 4 nitrogen and oxygen atoms in total. The summed E-state index contributed by atoms with van der Waals surface area (Å²) >= 11 is 3.16. The maximum absolute atomic E-state index is 13.9. The standard InChI is InChI=1S/C16H21BrFNO3/c1-11-9-12(10-13(18)14(11)17)19(7-5-6-8-20)15(21)22-16(2,3)4/h8-10H,5-7H2,1-4H3. The average Bonchev–Trinajstić information content (AvgIpc) is 2.38. The number of hydrogen-bond acceptors (Lipinski definition) is 3. The highest BCUT2D eigenvalue weighted by molar-refractivity contribution is 9.10. The molecule has 0 radical (unpaired) electrons. The zero-order valence-corrected chi connectivity index (χ0v) is 14.9. The Morgan fingerprint density at radius 2 is 2.05 bits per heavy atom. The zero-order chi connectivity index (χ0) is 16.9. The van der Waals surface area contributed by atoms with Gasteiger partial charge < -0.3 is 9.53 Å². The molecule has 1 amide bonds. The number of halogens is 2. The van der Waals surface area contributed by atoms with Crippen LogP contribution in [0.5, 0.6) is 0 Å². The Morgan fingerprint density at radius 3 is 2.55 bits per heavy atom. The number of unbranched alkanes of at least 4 members (excludes halogenated alkanes) is 1. The van der Waals surface area contributed by atoms with Crippen LogP contribution in [0.2, 0.25) is 0 Å². The third kappa shape index (κ3) is 5.40. The van der Waals surface area contributed by atoms with E-state index in [-0.39, 0.29) is 6.54 Å². The van der Waals surface area contributed by atoms with Crippen molar-refractivity contribution in [2.75, 3.05) is 11.4 Å². The summed E-state index contributed by atoms with van der Waals surface area (Å²) < 4.78 is 19.6. The molecule has 0 N–H and O–H groups in total. The van der Waals surface area contributed by atoms with Gasteiger partial charge in [-0.05, 0) is 67.7 Å². The fourth-order valence-electron chi connectivity index (χ4n) is 1.84. The minimum Gasteiger partial charge on any atom is -0.443 e. The van der Waals surface area contributed by atoms with Gasteiger partial charge in [0, 0.05) is 13.0 Å². The largest absolute Gasteiger partial charge is 0.443 e. The molecule has 1 aromatic rings. The second kappa shape index (κ2) is 7.72. The van der Waals surface area contributed by atoms with Gasteiger partial charge in [0.25, 0.3) is 0 Å². The molecule has 0 atom stereocenters. The maximum Gasteiger partial charge on any atom is 0.414 e. The van der Waals surface area contributed by atoms with Crippen molar-refractivity contribution in [2.45, 2.75) is 46.1 Å². The third-order valence-corrected chi connectivity index (χ3v) is 3.83. The second-order valence-corrected chi connectivity index (χ2v) is 6.79. The van der Waals surface area contributed by atoms with Gasteiger partial charge in [-0.2, -0.15) is 0 Å². The van der Waals surface area contributed by atoms with E-state index in [0.29, 0.717) is 28.6 Å². The zero-order valence-electron chi connectivity index (χ0n) is 13.3. The molecule has 0 saturated heterocycles. The van der Waals surface area contributed by atoms with Crippen molar-refractivity contribution in [3.8, 4) is 0 Å². The molecule has 0 aliphatic rings. The highest BCUT2D eigenvalue weighted by atomic mass is 79.9. The van der Waals surface area contributed by atoms with Gasteiger partial charge in [0.05, 0.1) is 10.2 Å². The maximum atomic E-state index is 13.9. The molecule has 0 aromatic heterocycles. The Balaban J connectivity index is 3.08. The van der Waals surface area contributed by atoms with Crippen LogP contribution in [0.3, 0.4) is 0 Å². The van der Waals surface area contributed by atoms with Crippen LogP contribution in [-0.4, -0.2) is 24.5 Å². The van der Waals surface area contributed by atoms with Gasteiger partial charge in [0.15, 0.2) is 0 Å². The number of hydrogen-bond donors (Lipinski definition) is 0. The number of aldehydes is 1. The van der Waals surface area contributed by atoms with Gasteiger partial charge in [-0.25, -0.2) is 9.18 Å². The molecule has 1 aromatic carbocycles. The molecule has 0 aliphatic heterocycles. The van der Waals surface area contributed by atoms with E-state index in [2.05, 4.69) is 15.9 Å². The van der Waals surface area contributed by atoms with Crippen LogP contribution in [0.15, 0.2) is 16.6 Å². The van der Waals surface area contributed by atoms with E-state index in [1.54, 1.807) is 33.8 Å². The highest BCUT2D eigenvalue weighted by Gasteiger charge is 2.24. The van der Waals surface area contributed by atoms with E-state index in [0.717, 1.165) is 6.29 Å². The molecular weight excluding hydrogens is 353 g/mol. The molecule has 0 bridgehead atoms. The van der Waals surface area contributed by atoms with E-state index < -0.39 is 17.5 Å². The molecule has 22 heavy (non-hydrogen) atoms. The second-order valence-electron chi connectivity index (χ2n) is 6.00. The first kappa shape index (κ1) is 18.6. The van der Waals surface area contributed by atoms with Crippen LogP contribution < -0.4 is 4.90 Å². The molecule has 122 valence electrons. The fraction of sp³-hybridized carbons (Fsp3) is 0.500. The van der Waals surface area contributed by atoms with Crippen molar-refractivity contribution in [1.82, 2.24) is 0 Å². The molecule has 0 saturated carbocycles. The molecule has 0 spiro atoms. The van der Waals surface area contributed by atoms with Gasteiger partial charge >= 0.3 is 6.09 Å². The summed E-state index contributed by atoms with van der Waals surface area (Å²) in [7, 11) is 0. The van der Waals surface area contributed by atoms with E-state index in [4.69, 9.17) is 4.74 Å². The Bertz CT molecular complexity index is 532. The summed E-state index contributed by atoms with van der Waals surface area (Å²) in [5.74, 6) is -0.445. The quantitative estimate of drug-likeness (QED) is 0.558. The minimum absolute atomic E-state index is 0.286. The first-order valence-electron chi connectivity index (χ1n) is 7.05. The lowest BCUT2D eigenvalue weighted by Crippen LogP contribution is -2.37. The lowest BCUT2D eigenvalue weighted by atomic mass is 10.2. The van der Waals surface area contributed by atoms with Gasteiger partial charge in [-0.1, -0.05) is 0 Å². The van der Waals surface area contributed by atoms with E-state index >= 15 is 0 Å². The molecule has 1 rings (SSSR count). The molecule has 0 unspecified atom stereocenters. The minimum atomic E-state index is -0.650. The predicted molar refractivity (Wildman–Crippen MR) is 87.7 cm³/mol. The van der Waals surface area contributed by atoms with Crippen molar-refractivity contribution in [3.05, 3.63) is 28.0 Å². The molecule has 0 fully saturated rings. The molecular formula is C16H21BrFNO3. The first-order chi connectivity index (χ1) is 10.2. The number of aryl methyl sites for hydroxylation is 1. The van der Waals surface area contributed by atoms with Gasteiger partial charge in [-0.3, -0.25) is 4.90 Å². The van der Waals surface area contributed by atoms with Crippen LogP contribution in [0, 0.1) is 12.7 Å². The number of carbonyl (C=O) groups excluding carboxylic acids is 2. The number of benzene rings is 1. The summed E-state index contributed by atoms with van der Waals surface area (Å²) in [6.07, 6.45) is 1.05. The van der Waals surface area contributed by atoms with Crippen molar-refractivity contribution < 1.29 is 18.7 Å². The average molecular weight is 374 g/mol. The van der Waals surface area contributed by atoms with Crippen molar-refractivity contribution in [2.24, 2.45) is 0 Å². The summed E-state index contributed by atoms with van der Waals surface area (Å²) in [4.78, 5) is 24.2. The van der Waals surface area contributed by atoms with Crippen LogP contribution in [0.4, 0.5) is 14.9 Å². The lowest BCUT2D eigenvalue weighted by Gasteiger charge is -2.27. The highest BCUT2D eigenvalue weighted by Crippen LogP contribution is 2.28. The van der Waals surface area contributed by atoms with Gasteiger partial charge in [0.2, 0.25) is 0 Å². The normalized spacial score (nSPS) is 11.2.